The van der Waals surface area contributed by atoms with Crippen LogP contribution in [0.25, 0.3) is 0 Å². The van der Waals surface area contributed by atoms with Gasteiger partial charge in [0, 0.05) is 19.2 Å². The lowest BCUT2D eigenvalue weighted by molar-refractivity contribution is -0.0449. The van der Waals surface area contributed by atoms with Crippen molar-refractivity contribution in [3.63, 3.8) is 0 Å². The number of carbonyl (C=O) groups is 1. The van der Waals surface area contributed by atoms with E-state index in [1.165, 1.54) is 11.9 Å². The van der Waals surface area contributed by atoms with Crippen LogP contribution in [0.5, 0.6) is 0 Å². The Hall–Kier alpha value is -1.59. The van der Waals surface area contributed by atoms with Crippen LogP contribution in [0.2, 0.25) is 0 Å². The van der Waals surface area contributed by atoms with Gasteiger partial charge in [0.2, 0.25) is 0 Å². The molecule has 0 spiro atoms. The van der Waals surface area contributed by atoms with Crippen LogP contribution in [-0.4, -0.2) is 36.4 Å². The molecule has 0 aromatic heterocycles. The summed E-state index contributed by atoms with van der Waals surface area (Å²) in [6.45, 7) is 1.48. The molecular formula is C12H15NO4. The Kier molecular flexibility index (Phi) is 3.61. The average molecular weight is 237 g/mol. The summed E-state index contributed by atoms with van der Waals surface area (Å²) in [6, 6.07) is 7.56. The topological polar surface area (TPSA) is 59.0 Å². The van der Waals surface area contributed by atoms with E-state index in [4.69, 9.17) is 14.6 Å². The van der Waals surface area contributed by atoms with Crippen molar-refractivity contribution in [1.82, 2.24) is 4.90 Å². The fourth-order valence-corrected chi connectivity index (χ4v) is 1.77. The van der Waals surface area contributed by atoms with Gasteiger partial charge in [-0.25, -0.2) is 4.79 Å². The number of rotatable bonds is 3. The normalized spacial score (nSPS) is 16.1. The molecule has 1 aromatic rings. The fraction of sp³-hybridized carbons (Fsp3) is 0.417. The average Bonchev–Trinajstić information content (AvgIpc) is 2.83. The Morgan fingerprint density at radius 1 is 1.41 bits per heavy atom. The van der Waals surface area contributed by atoms with Crippen LogP contribution in [0.4, 0.5) is 4.79 Å². The van der Waals surface area contributed by atoms with Crippen molar-refractivity contribution in [3.05, 3.63) is 35.4 Å². The van der Waals surface area contributed by atoms with Crippen molar-refractivity contribution in [2.45, 2.75) is 12.8 Å². The SMILES string of the molecule is CN(Cc1ccccc1C1OCCO1)C(=O)O. The van der Waals surface area contributed by atoms with Crippen LogP contribution in [0.1, 0.15) is 17.4 Å². The first-order chi connectivity index (χ1) is 8.18. The highest BCUT2D eigenvalue weighted by Gasteiger charge is 2.21. The van der Waals surface area contributed by atoms with Gasteiger partial charge in [-0.2, -0.15) is 0 Å². The molecule has 17 heavy (non-hydrogen) atoms. The number of carboxylic acid groups (broad SMARTS) is 1. The highest BCUT2D eigenvalue weighted by Crippen LogP contribution is 2.26. The summed E-state index contributed by atoms with van der Waals surface area (Å²) in [5.74, 6) is 0. The predicted molar refractivity (Wildman–Crippen MR) is 60.6 cm³/mol. The summed E-state index contributed by atoms with van der Waals surface area (Å²) >= 11 is 0. The van der Waals surface area contributed by atoms with Gasteiger partial charge in [-0.1, -0.05) is 24.3 Å². The number of nitrogens with zero attached hydrogens (tertiary/aromatic N) is 1. The first-order valence-corrected chi connectivity index (χ1v) is 5.43. The van der Waals surface area contributed by atoms with Gasteiger partial charge in [-0.3, -0.25) is 0 Å². The molecule has 5 heteroatoms. The van der Waals surface area contributed by atoms with E-state index in [0.29, 0.717) is 19.8 Å². The lowest BCUT2D eigenvalue weighted by atomic mass is 10.1. The molecule has 0 aliphatic carbocycles. The van der Waals surface area contributed by atoms with Crippen LogP contribution < -0.4 is 0 Å². The summed E-state index contributed by atoms with van der Waals surface area (Å²) in [4.78, 5) is 12.0. The van der Waals surface area contributed by atoms with E-state index in [9.17, 15) is 4.79 Å². The van der Waals surface area contributed by atoms with Gasteiger partial charge >= 0.3 is 6.09 Å². The Labute approximate surface area is 99.6 Å². The summed E-state index contributed by atoms with van der Waals surface area (Å²) in [5, 5.41) is 8.86. The third kappa shape index (κ3) is 2.75. The fourth-order valence-electron chi connectivity index (χ4n) is 1.77. The summed E-state index contributed by atoms with van der Waals surface area (Å²) in [7, 11) is 1.54. The van der Waals surface area contributed by atoms with E-state index in [-0.39, 0.29) is 6.29 Å². The molecule has 0 bridgehead atoms. The molecule has 1 fully saturated rings. The largest absolute Gasteiger partial charge is 0.465 e. The van der Waals surface area contributed by atoms with Crippen molar-refractivity contribution in [2.75, 3.05) is 20.3 Å². The van der Waals surface area contributed by atoms with Crippen molar-refractivity contribution in [1.29, 1.82) is 0 Å². The lowest BCUT2D eigenvalue weighted by Crippen LogP contribution is -2.24. The quantitative estimate of drug-likeness (QED) is 0.871. The molecule has 1 heterocycles. The zero-order valence-electron chi connectivity index (χ0n) is 9.63. The highest BCUT2D eigenvalue weighted by molar-refractivity contribution is 5.64. The summed E-state index contributed by atoms with van der Waals surface area (Å²) in [5.41, 5.74) is 1.81. The second-order valence-electron chi connectivity index (χ2n) is 3.91. The maximum atomic E-state index is 10.8. The molecule has 1 N–H and O–H groups in total. The predicted octanol–water partition coefficient (Wildman–Crippen LogP) is 1.84. The van der Waals surface area contributed by atoms with E-state index in [1.54, 1.807) is 0 Å². The third-order valence-electron chi connectivity index (χ3n) is 2.66. The number of ether oxygens (including phenoxy) is 2. The molecule has 1 aliphatic rings. The van der Waals surface area contributed by atoms with Gasteiger partial charge in [-0.05, 0) is 5.56 Å². The molecule has 0 radical (unpaired) electrons. The van der Waals surface area contributed by atoms with Crippen molar-refractivity contribution in [3.8, 4) is 0 Å². The van der Waals surface area contributed by atoms with Gasteiger partial charge in [-0.15, -0.1) is 0 Å². The first-order valence-electron chi connectivity index (χ1n) is 5.43. The van der Waals surface area contributed by atoms with Crippen LogP contribution in [0.3, 0.4) is 0 Å². The lowest BCUT2D eigenvalue weighted by Gasteiger charge is -2.18. The smallest absolute Gasteiger partial charge is 0.407 e. The monoisotopic (exact) mass is 237 g/mol. The van der Waals surface area contributed by atoms with Gasteiger partial charge in [0.15, 0.2) is 6.29 Å². The van der Waals surface area contributed by atoms with Crippen molar-refractivity contribution < 1.29 is 19.4 Å². The molecule has 0 atom stereocenters. The molecule has 0 saturated carbocycles. The second kappa shape index (κ2) is 5.16. The molecular weight excluding hydrogens is 222 g/mol. The van der Waals surface area contributed by atoms with Gasteiger partial charge in [0.1, 0.15) is 0 Å². The molecule has 5 nitrogen and oxygen atoms in total. The molecule has 92 valence electrons. The maximum Gasteiger partial charge on any atom is 0.407 e. The van der Waals surface area contributed by atoms with E-state index >= 15 is 0 Å². The number of hydrogen-bond acceptors (Lipinski definition) is 3. The van der Waals surface area contributed by atoms with Crippen LogP contribution in [-0.2, 0) is 16.0 Å². The van der Waals surface area contributed by atoms with Crippen LogP contribution in [0.15, 0.2) is 24.3 Å². The van der Waals surface area contributed by atoms with E-state index < -0.39 is 6.09 Å². The Morgan fingerprint density at radius 3 is 2.71 bits per heavy atom. The number of benzene rings is 1. The molecule has 1 aliphatic heterocycles. The highest BCUT2D eigenvalue weighted by atomic mass is 16.7. The first kappa shape index (κ1) is 11.9. The van der Waals surface area contributed by atoms with E-state index in [0.717, 1.165) is 11.1 Å². The van der Waals surface area contributed by atoms with Crippen LogP contribution >= 0.6 is 0 Å². The Morgan fingerprint density at radius 2 is 2.06 bits per heavy atom. The van der Waals surface area contributed by atoms with E-state index in [1.807, 2.05) is 24.3 Å². The minimum Gasteiger partial charge on any atom is -0.465 e. The minimum absolute atomic E-state index is 0.328. The molecule has 2 rings (SSSR count). The Balaban J connectivity index is 2.18. The van der Waals surface area contributed by atoms with Gasteiger partial charge < -0.3 is 19.5 Å². The minimum atomic E-state index is -0.951. The standard InChI is InChI=1S/C12H15NO4/c1-13(12(14)15)8-9-4-2-3-5-10(9)11-16-6-7-17-11/h2-5,11H,6-8H2,1H3,(H,14,15). The second-order valence-corrected chi connectivity index (χ2v) is 3.91. The van der Waals surface area contributed by atoms with E-state index in [2.05, 4.69) is 0 Å². The molecule has 1 saturated heterocycles. The molecule has 1 amide bonds. The number of hydrogen-bond donors (Lipinski definition) is 1. The zero-order valence-corrected chi connectivity index (χ0v) is 9.63. The summed E-state index contributed by atoms with van der Waals surface area (Å²) < 4.78 is 10.9. The third-order valence-corrected chi connectivity index (χ3v) is 2.66. The number of amides is 1. The van der Waals surface area contributed by atoms with Crippen molar-refractivity contribution >= 4 is 6.09 Å². The summed E-state index contributed by atoms with van der Waals surface area (Å²) in [6.07, 6.45) is -1.32. The van der Waals surface area contributed by atoms with Crippen molar-refractivity contribution in [2.24, 2.45) is 0 Å². The van der Waals surface area contributed by atoms with Crippen LogP contribution in [0, 0.1) is 0 Å². The van der Waals surface area contributed by atoms with Gasteiger partial charge in [0.25, 0.3) is 0 Å². The zero-order chi connectivity index (χ0) is 12.3. The molecule has 1 aromatic carbocycles. The molecule has 0 unspecified atom stereocenters. The Bertz CT molecular complexity index is 401. The maximum absolute atomic E-state index is 10.8. The van der Waals surface area contributed by atoms with Gasteiger partial charge in [0.05, 0.1) is 13.2 Å².